The van der Waals surface area contributed by atoms with E-state index in [0.29, 0.717) is 6.04 Å². The molecule has 2 saturated heterocycles. The zero-order valence-corrected chi connectivity index (χ0v) is 12.5. The fourth-order valence-electron chi connectivity index (χ4n) is 3.88. The van der Waals surface area contributed by atoms with Crippen LogP contribution >= 0.6 is 0 Å². The Morgan fingerprint density at radius 1 is 1.48 bits per heavy atom. The SMILES string of the molecule is CCC(c1cccc([N+](=O)[O-])c1)N1CC2CCCNC2C1. The molecule has 0 spiro atoms. The summed E-state index contributed by atoms with van der Waals surface area (Å²) in [5, 5.41) is 14.6. The van der Waals surface area contributed by atoms with Crippen molar-refractivity contribution in [3.63, 3.8) is 0 Å². The van der Waals surface area contributed by atoms with Crippen LogP contribution in [0.5, 0.6) is 0 Å². The van der Waals surface area contributed by atoms with Gasteiger partial charge in [-0.05, 0) is 37.3 Å². The molecule has 0 amide bonds. The zero-order chi connectivity index (χ0) is 14.8. The number of likely N-dealkylation sites (tertiary alicyclic amines) is 1. The predicted octanol–water partition coefficient (Wildman–Crippen LogP) is 2.73. The number of non-ortho nitro benzene ring substituents is 1. The summed E-state index contributed by atoms with van der Waals surface area (Å²) in [6, 6.07) is 8.03. The molecule has 0 saturated carbocycles. The summed E-state index contributed by atoms with van der Waals surface area (Å²) in [5.41, 5.74) is 1.27. The van der Waals surface area contributed by atoms with Crippen LogP contribution in [-0.2, 0) is 0 Å². The number of piperidine rings is 1. The Morgan fingerprint density at radius 2 is 2.33 bits per heavy atom. The molecular weight excluding hydrogens is 266 g/mol. The standard InChI is InChI=1S/C16H23N3O2/c1-2-16(12-5-3-7-14(9-12)19(20)21)18-10-13-6-4-8-17-15(13)11-18/h3,5,7,9,13,15-17H,2,4,6,8,10-11H2,1H3. The molecule has 5 nitrogen and oxygen atoms in total. The minimum absolute atomic E-state index is 0.195. The second kappa shape index (κ2) is 6.12. The van der Waals surface area contributed by atoms with Crippen molar-refractivity contribution in [3.8, 4) is 0 Å². The van der Waals surface area contributed by atoms with Crippen molar-refractivity contribution in [3.05, 3.63) is 39.9 Å². The second-order valence-electron chi connectivity index (χ2n) is 6.19. The minimum atomic E-state index is -0.304. The molecule has 2 aliphatic rings. The Morgan fingerprint density at radius 3 is 3.05 bits per heavy atom. The van der Waals surface area contributed by atoms with Crippen molar-refractivity contribution >= 4 is 5.69 Å². The molecule has 0 aromatic heterocycles. The smallest absolute Gasteiger partial charge is 0.269 e. The number of nitrogens with one attached hydrogen (secondary N) is 1. The molecule has 0 radical (unpaired) electrons. The lowest BCUT2D eigenvalue weighted by atomic mass is 9.94. The Balaban J connectivity index is 1.79. The van der Waals surface area contributed by atoms with Gasteiger partial charge in [0.2, 0.25) is 0 Å². The normalized spacial score (nSPS) is 27.3. The van der Waals surface area contributed by atoms with Crippen molar-refractivity contribution < 1.29 is 4.92 Å². The van der Waals surface area contributed by atoms with E-state index >= 15 is 0 Å². The van der Waals surface area contributed by atoms with E-state index in [1.165, 1.54) is 12.8 Å². The molecule has 2 fully saturated rings. The largest absolute Gasteiger partial charge is 0.312 e. The number of benzene rings is 1. The quantitative estimate of drug-likeness (QED) is 0.684. The van der Waals surface area contributed by atoms with Crippen LogP contribution in [0.15, 0.2) is 24.3 Å². The summed E-state index contributed by atoms with van der Waals surface area (Å²) in [6.07, 6.45) is 3.56. The third kappa shape index (κ3) is 2.94. The van der Waals surface area contributed by atoms with Crippen molar-refractivity contribution in [2.75, 3.05) is 19.6 Å². The average Bonchev–Trinajstić information content (AvgIpc) is 2.91. The van der Waals surface area contributed by atoms with Gasteiger partial charge in [-0.2, -0.15) is 0 Å². The lowest BCUT2D eigenvalue weighted by molar-refractivity contribution is -0.385. The third-order valence-electron chi connectivity index (χ3n) is 4.92. The first-order valence-electron chi connectivity index (χ1n) is 7.91. The van der Waals surface area contributed by atoms with E-state index in [1.807, 2.05) is 6.07 Å². The van der Waals surface area contributed by atoms with Crippen LogP contribution < -0.4 is 5.32 Å². The molecule has 21 heavy (non-hydrogen) atoms. The molecule has 0 bridgehead atoms. The van der Waals surface area contributed by atoms with Gasteiger partial charge in [0.1, 0.15) is 0 Å². The van der Waals surface area contributed by atoms with E-state index in [2.05, 4.69) is 17.1 Å². The Bertz CT molecular complexity index is 506. The summed E-state index contributed by atoms with van der Waals surface area (Å²) in [6.45, 7) is 5.46. The zero-order valence-electron chi connectivity index (χ0n) is 12.5. The summed E-state index contributed by atoms with van der Waals surface area (Å²) in [4.78, 5) is 13.2. The third-order valence-corrected chi connectivity index (χ3v) is 4.92. The van der Waals surface area contributed by atoms with Gasteiger partial charge in [0.15, 0.2) is 0 Å². The van der Waals surface area contributed by atoms with Gasteiger partial charge in [-0.1, -0.05) is 19.1 Å². The fraction of sp³-hybridized carbons (Fsp3) is 0.625. The van der Waals surface area contributed by atoms with E-state index in [9.17, 15) is 10.1 Å². The molecular formula is C16H23N3O2. The monoisotopic (exact) mass is 289 g/mol. The van der Waals surface area contributed by atoms with Gasteiger partial charge >= 0.3 is 0 Å². The van der Waals surface area contributed by atoms with Crippen LogP contribution in [-0.4, -0.2) is 35.5 Å². The van der Waals surface area contributed by atoms with Gasteiger partial charge < -0.3 is 5.32 Å². The molecule has 114 valence electrons. The van der Waals surface area contributed by atoms with Crippen LogP contribution in [0.2, 0.25) is 0 Å². The van der Waals surface area contributed by atoms with Crippen LogP contribution in [0.3, 0.4) is 0 Å². The van der Waals surface area contributed by atoms with E-state index in [-0.39, 0.29) is 16.7 Å². The molecule has 2 aliphatic heterocycles. The minimum Gasteiger partial charge on any atom is -0.312 e. The molecule has 3 rings (SSSR count). The fourth-order valence-corrected chi connectivity index (χ4v) is 3.88. The highest BCUT2D eigenvalue weighted by atomic mass is 16.6. The number of nitro groups is 1. The van der Waals surface area contributed by atoms with E-state index in [4.69, 9.17) is 0 Å². The summed E-state index contributed by atoms with van der Waals surface area (Å²) >= 11 is 0. The number of nitrogens with zero attached hydrogens (tertiary/aromatic N) is 2. The maximum absolute atomic E-state index is 11.0. The molecule has 0 aliphatic carbocycles. The van der Waals surface area contributed by atoms with Gasteiger partial charge in [-0.25, -0.2) is 0 Å². The Kier molecular flexibility index (Phi) is 4.22. The summed E-state index contributed by atoms with van der Waals surface area (Å²) < 4.78 is 0. The lowest BCUT2D eigenvalue weighted by Gasteiger charge is -2.27. The van der Waals surface area contributed by atoms with E-state index < -0.39 is 0 Å². The first-order chi connectivity index (χ1) is 10.2. The van der Waals surface area contributed by atoms with Crippen molar-refractivity contribution in [2.45, 2.75) is 38.3 Å². The highest BCUT2D eigenvalue weighted by Crippen LogP contribution is 2.34. The second-order valence-corrected chi connectivity index (χ2v) is 6.19. The van der Waals surface area contributed by atoms with Crippen molar-refractivity contribution in [1.82, 2.24) is 10.2 Å². The average molecular weight is 289 g/mol. The van der Waals surface area contributed by atoms with Crippen LogP contribution in [0.1, 0.15) is 37.8 Å². The number of hydrogen-bond acceptors (Lipinski definition) is 4. The maximum Gasteiger partial charge on any atom is 0.269 e. The lowest BCUT2D eigenvalue weighted by Crippen LogP contribution is -2.40. The van der Waals surface area contributed by atoms with Crippen LogP contribution in [0, 0.1) is 16.0 Å². The van der Waals surface area contributed by atoms with Crippen LogP contribution in [0.25, 0.3) is 0 Å². The molecule has 3 unspecified atom stereocenters. The Hall–Kier alpha value is -1.46. The molecule has 2 heterocycles. The topological polar surface area (TPSA) is 58.4 Å². The predicted molar refractivity (Wildman–Crippen MR) is 82.2 cm³/mol. The molecule has 1 aromatic carbocycles. The van der Waals surface area contributed by atoms with E-state index in [0.717, 1.165) is 37.5 Å². The highest BCUT2D eigenvalue weighted by molar-refractivity contribution is 5.36. The molecule has 5 heteroatoms. The van der Waals surface area contributed by atoms with Gasteiger partial charge in [0.05, 0.1) is 4.92 Å². The first kappa shape index (κ1) is 14.5. The van der Waals surface area contributed by atoms with Crippen LogP contribution in [0.4, 0.5) is 5.69 Å². The molecule has 1 N–H and O–H groups in total. The number of fused-ring (bicyclic) bond motifs is 1. The van der Waals surface area contributed by atoms with Gasteiger partial charge in [-0.15, -0.1) is 0 Å². The first-order valence-corrected chi connectivity index (χ1v) is 7.91. The number of rotatable bonds is 4. The highest BCUT2D eigenvalue weighted by Gasteiger charge is 2.37. The summed E-state index contributed by atoms with van der Waals surface area (Å²) in [5.74, 6) is 0.742. The van der Waals surface area contributed by atoms with Gasteiger partial charge in [-0.3, -0.25) is 15.0 Å². The van der Waals surface area contributed by atoms with Gasteiger partial charge in [0, 0.05) is 37.3 Å². The van der Waals surface area contributed by atoms with Crippen molar-refractivity contribution in [1.29, 1.82) is 0 Å². The van der Waals surface area contributed by atoms with Gasteiger partial charge in [0.25, 0.3) is 5.69 Å². The molecule has 1 aromatic rings. The number of nitro benzene ring substituents is 1. The number of hydrogen-bond donors (Lipinski definition) is 1. The van der Waals surface area contributed by atoms with Crippen molar-refractivity contribution in [2.24, 2.45) is 5.92 Å². The maximum atomic E-state index is 11.0. The van der Waals surface area contributed by atoms with E-state index in [1.54, 1.807) is 18.2 Å². The summed E-state index contributed by atoms with van der Waals surface area (Å²) in [7, 11) is 0. The molecule has 3 atom stereocenters. The Labute approximate surface area is 125 Å².